The first-order chi connectivity index (χ1) is 7.79. The van der Waals surface area contributed by atoms with Crippen molar-refractivity contribution in [3.63, 3.8) is 0 Å². The third-order valence-electron chi connectivity index (χ3n) is 4.47. The van der Waals surface area contributed by atoms with E-state index in [0.717, 1.165) is 24.4 Å². The monoisotopic (exact) mass is 224 g/mol. The lowest BCUT2D eigenvalue weighted by Gasteiger charge is -2.32. The Labute approximate surface area is 101 Å². The van der Waals surface area contributed by atoms with Crippen molar-refractivity contribution in [1.29, 1.82) is 0 Å². The zero-order valence-corrected chi connectivity index (χ0v) is 11.0. The van der Waals surface area contributed by atoms with E-state index in [1.807, 2.05) is 0 Å². The second-order valence-electron chi connectivity index (χ2n) is 5.87. The molecule has 94 valence electrons. The summed E-state index contributed by atoms with van der Waals surface area (Å²) in [7, 11) is 2.32. The molecule has 0 aromatic carbocycles. The fourth-order valence-corrected chi connectivity index (χ4v) is 3.38. The standard InChI is InChI=1S/C14H28N2/c1-3-15-14-9-5-8-13(14)11-16(2)10-12-6-4-7-12/h12-15H,3-11H2,1-2H3. The molecule has 2 saturated carbocycles. The van der Waals surface area contributed by atoms with E-state index in [-0.39, 0.29) is 0 Å². The molecule has 0 bridgehead atoms. The Bertz CT molecular complexity index is 201. The fourth-order valence-electron chi connectivity index (χ4n) is 3.38. The van der Waals surface area contributed by atoms with E-state index < -0.39 is 0 Å². The zero-order valence-electron chi connectivity index (χ0n) is 11.0. The molecule has 0 heterocycles. The Morgan fingerprint density at radius 1 is 1.06 bits per heavy atom. The highest BCUT2D eigenvalue weighted by Gasteiger charge is 2.28. The van der Waals surface area contributed by atoms with Gasteiger partial charge >= 0.3 is 0 Å². The van der Waals surface area contributed by atoms with Gasteiger partial charge in [0.15, 0.2) is 0 Å². The fraction of sp³-hybridized carbons (Fsp3) is 1.00. The Balaban J connectivity index is 1.69. The summed E-state index contributed by atoms with van der Waals surface area (Å²) in [6.45, 7) is 6.02. The van der Waals surface area contributed by atoms with Crippen LogP contribution in [0.4, 0.5) is 0 Å². The maximum atomic E-state index is 3.65. The van der Waals surface area contributed by atoms with Gasteiger partial charge in [0.2, 0.25) is 0 Å². The van der Waals surface area contributed by atoms with E-state index in [2.05, 4.69) is 24.2 Å². The molecule has 2 fully saturated rings. The second-order valence-corrected chi connectivity index (χ2v) is 5.87. The molecule has 2 heteroatoms. The Kier molecular flexibility index (Phi) is 4.66. The molecular weight excluding hydrogens is 196 g/mol. The molecule has 2 nitrogen and oxygen atoms in total. The molecule has 2 unspecified atom stereocenters. The zero-order chi connectivity index (χ0) is 11.4. The average Bonchev–Trinajstić information content (AvgIpc) is 2.60. The predicted octanol–water partition coefficient (Wildman–Crippen LogP) is 2.50. The first kappa shape index (κ1) is 12.4. The number of nitrogens with one attached hydrogen (secondary N) is 1. The molecule has 16 heavy (non-hydrogen) atoms. The highest BCUT2D eigenvalue weighted by atomic mass is 15.1. The molecule has 1 N–H and O–H groups in total. The summed E-state index contributed by atoms with van der Waals surface area (Å²) < 4.78 is 0. The van der Waals surface area contributed by atoms with Gasteiger partial charge in [-0.2, -0.15) is 0 Å². The Morgan fingerprint density at radius 3 is 2.44 bits per heavy atom. The van der Waals surface area contributed by atoms with Crippen LogP contribution in [0.3, 0.4) is 0 Å². The van der Waals surface area contributed by atoms with E-state index in [0.29, 0.717) is 0 Å². The van der Waals surface area contributed by atoms with E-state index in [9.17, 15) is 0 Å². The minimum atomic E-state index is 0.800. The van der Waals surface area contributed by atoms with Crippen molar-refractivity contribution in [2.45, 2.75) is 51.5 Å². The predicted molar refractivity (Wildman–Crippen MR) is 69.6 cm³/mol. The minimum Gasteiger partial charge on any atom is -0.314 e. The Morgan fingerprint density at radius 2 is 1.81 bits per heavy atom. The minimum absolute atomic E-state index is 0.800. The van der Waals surface area contributed by atoms with Crippen molar-refractivity contribution in [2.24, 2.45) is 11.8 Å². The SMILES string of the molecule is CCNC1CCCC1CN(C)CC1CCC1. The lowest BCUT2D eigenvalue weighted by molar-refractivity contribution is 0.177. The van der Waals surface area contributed by atoms with Crippen LogP contribution in [-0.4, -0.2) is 37.6 Å². The molecule has 0 aromatic rings. The number of nitrogens with zero attached hydrogens (tertiary/aromatic N) is 1. The van der Waals surface area contributed by atoms with Crippen LogP contribution < -0.4 is 5.32 Å². The van der Waals surface area contributed by atoms with Gasteiger partial charge in [0.05, 0.1) is 0 Å². The largest absolute Gasteiger partial charge is 0.314 e. The quantitative estimate of drug-likeness (QED) is 0.746. The van der Waals surface area contributed by atoms with Gasteiger partial charge in [0.25, 0.3) is 0 Å². The highest BCUT2D eigenvalue weighted by Crippen LogP contribution is 2.29. The lowest BCUT2D eigenvalue weighted by atomic mass is 9.85. The molecule has 2 aliphatic rings. The van der Waals surface area contributed by atoms with Crippen molar-refractivity contribution in [3.8, 4) is 0 Å². The summed E-state index contributed by atoms with van der Waals surface area (Å²) in [6, 6.07) is 0.800. The average molecular weight is 224 g/mol. The lowest BCUT2D eigenvalue weighted by Crippen LogP contribution is -2.40. The van der Waals surface area contributed by atoms with E-state index in [1.54, 1.807) is 0 Å². The maximum Gasteiger partial charge on any atom is 0.0107 e. The smallest absolute Gasteiger partial charge is 0.0107 e. The van der Waals surface area contributed by atoms with Gasteiger partial charge in [-0.25, -0.2) is 0 Å². The van der Waals surface area contributed by atoms with Crippen LogP contribution in [-0.2, 0) is 0 Å². The second kappa shape index (κ2) is 6.02. The van der Waals surface area contributed by atoms with Crippen LogP contribution in [0.2, 0.25) is 0 Å². The van der Waals surface area contributed by atoms with Crippen molar-refractivity contribution in [2.75, 3.05) is 26.7 Å². The molecule has 0 saturated heterocycles. The first-order valence-electron chi connectivity index (χ1n) is 7.21. The van der Waals surface area contributed by atoms with E-state index in [1.165, 1.54) is 51.6 Å². The van der Waals surface area contributed by atoms with Crippen LogP contribution in [0.25, 0.3) is 0 Å². The highest BCUT2D eigenvalue weighted by molar-refractivity contribution is 4.85. The normalized spacial score (nSPS) is 30.9. The molecule has 2 atom stereocenters. The third-order valence-corrected chi connectivity index (χ3v) is 4.47. The van der Waals surface area contributed by atoms with Crippen molar-refractivity contribution < 1.29 is 0 Å². The number of hydrogen-bond acceptors (Lipinski definition) is 2. The third kappa shape index (κ3) is 3.21. The molecule has 0 radical (unpaired) electrons. The van der Waals surface area contributed by atoms with Gasteiger partial charge in [-0.3, -0.25) is 0 Å². The van der Waals surface area contributed by atoms with Crippen LogP contribution in [0.15, 0.2) is 0 Å². The van der Waals surface area contributed by atoms with Crippen LogP contribution in [0.5, 0.6) is 0 Å². The van der Waals surface area contributed by atoms with Crippen LogP contribution in [0.1, 0.15) is 45.4 Å². The molecule has 0 spiro atoms. The maximum absolute atomic E-state index is 3.65. The first-order valence-corrected chi connectivity index (χ1v) is 7.21. The van der Waals surface area contributed by atoms with Gasteiger partial charge in [-0.05, 0) is 51.1 Å². The van der Waals surface area contributed by atoms with Gasteiger partial charge in [-0.15, -0.1) is 0 Å². The molecule has 2 aliphatic carbocycles. The van der Waals surface area contributed by atoms with E-state index in [4.69, 9.17) is 0 Å². The number of hydrogen-bond donors (Lipinski definition) is 1. The summed E-state index contributed by atoms with van der Waals surface area (Å²) >= 11 is 0. The van der Waals surface area contributed by atoms with Gasteiger partial charge in [-0.1, -0.05) is 19.8 Å². The molecule has 0 amide bonds. The summed E-state index contributed by atoms with van der Waals surface area (Å²) in [5, 5.41) is 3.65. The molecule has 0 aliphatic heterocycles. The molecule has 2 rings (SSSR count). The topological polar surface area (TPSA) is 15.3 Å². The van der Waals surface area contributed by atoms with Crippen molar-refractivity contribution in [1.82, 2.24) is 10.2 Å². The van der Waals surface area contributed by atoms with Crippen LogP contribution in [0, 0.1) is 11.8 Å². The summed E-state index contributed by atoms with van der Waals surface area (Å²) in [5.74, 6) is 1.93. The van der Waals surface area contributed by atoms with Gasteiger partial charge < -0.3 is 10.2 Å². The van der Waals surface area contributed by atoms with Gasteiger partial charge in [0.1, 0.15) is 0 Å². The summed E-state index contributed by atoms with van der Waals surface area (Å²) in [6.07, 6.45) is 8.70. The van der Waals surface area contributed by atoms with Gasteiger partial charge in [0, 0.05) is 19.1 Å². The van der Waals surface area contributed by atoms with E-state index >= 15 is 0 Å². The van der Waals surface area contributed by atoms with Crippen molar-refractivity contribution >= 4 is 0 Å². The molecular formula is C14H28N2. The van der Waals surface area contributed by atoms with Crippen molar-refractivity contribution in [3.05, 3.63) is 0 Å². The molecule has 0 aromatic heterocycles. The summed E-state index contributed by atoms with van der Waals surface area (Å²) in [4.78, 5) is 2.59. The number of rotatable bonds is 6. The van der Waals surface area contributed by atoms with Crippen LogP contribution >= 0.6 is 0 Å². The summed E-state index contributed by atoms with van der Waals surface area (Å²) in [5.41, 5.74) is 0. The Hall–Kier alpha value is -0.0800.